The Morgan fingerprint density at radius 2 is 1.83 bits per heavy atom. The highest BCUT2D eigenvalue weighted by Crippen LogP contribution is 2.38. The van der Waals surface area contributed by atoms with Crippen LogP contribution in [0.4, 0.5) is 4.39 Å². The highest BCUT2D eigenvalue weighted by molar-refractivity contribution is 7.10. The Morgan fingerprint density at radius 1 is 1.06 bits per heavy atom. The van der Waals surface area contributed by atoms with Gasteiger partial charge in [-0.25, -0.2) is 4.39 Å². The number of carbonyl (C=O) groups excluding carboxylic acids is 2. The molecule has 2 heterocycles. The fourth-order valence-electron chi connectivity index (χ4n) is 4.80. The van der Waals surface area contributed by atoms with Gasteiger partial charge in [0.05, 0.1) is 12.6 Å². The van der Waals surface area contributed by atoms with E-state index in [4.69, 9.17) is 4.74 Å². The summed E-state index contributed by atoms with van der Waals surface area (Å²) in [4.78, 5) is 31.8. The van der Waals surface area contributed by atoms with E-state index in [0.29, 0.717) is 25.3 Å². The second-order valence-electron chi connectivity index (χ2n) is 8.87. The highest BCUT2D eigenvalue weighted by atomic mass is 32.1. The molecule has 5 rings (SSSR count). The largest absolute Gasteiger partial charge is 0.383 e. The Balaban J connectivity index is 1.42. The van der Waals surface area contributed by atoms with E-state index < -0.39 is 0 Å². The van der Waals surface area contributed by atoms with E-state index in [1.165, 1.54) is 17.0 Å². The van der Waals surface area contributed by atoms with Crippen LogP contribution in [0.1, 0.15) is 32.4 Å². The van der Waals surface area contributed by atoms with Gasteiger partial charge in [-0.05, 0) is 64.0 Å². The minimum absolute atomic E-state index is 0.0633. The number of nitrogens with zero attached hydrogens (tertiary/aromatic N) is 2. The van der Waals surface area contributed by atoms with Gasteiger partial charge in [0.1, 0.15) is 12.4 Å². The molecule has 0 saturated heterocycles. The first-order valence-corrected chi connectivity index (χ1v) is 12.8. The van der Waals surface area contributed by atoms with Crippen LogP contribution < -0.4 is 0 Å². The molecular formula is C29H27FN2O3S. The second-order valence-corrected chi connectivity index (χ2v) is 9.87. The quantitative estimate of drug-likeness (QED) is 0.345. The predicted molar refractivity (Wildman–Crippen MR) is 140 cm³/mol. The van der Waals surface area contributed by atoms with Crippen LogP contribution >= 0.6 is 11.3 Å². The summed E-state index contributed by atoms with van der Waals surface area (Å²) in [5.41, 5.74) is 2.45. The molecule has 1 aliphatic rings. The van der Waals surface area contributed by atoms with Gasteiger partial charge in [-0.2, -0.15) is 0 Å². The Bertz CT molecular complexity index is 1380. The van der Waals surface area contributed by atoms with Crippen LogP contribution in [0.5, 0.6) is 0 Å². The molecule has 0 spiro atoms. The summed E-state index contributed by atoms with van der Waals surface area (Å²) in [6.07, 6.45) is 0.757. The van der Waals surface area contributed by atoms with Crippen molar-refractivity contribution in [3.8, 4) is 0 Å². The lowest BCUT2D eigenvalue weighted by molar-refractivity contribution is -0.134. The van der Waals surface area contributed by atoms with Gasteiger partial charge in [0.2, 0.25) is 5.91 Å². The third-order valence-corrected chi connectivity index (χ3v) is 7.64. The molecule has 5 nitrogen and oxygen atoms in total. The summed E-state index contributed by atoms with van der Waals surface area (Å²) in [5.74, 6) is -0.672. The third kappa shape index (κ3) is 4.90. The summed E-state index contributed by atoms with van der Waals surface area (Å²) in [6, 6.07) is 21.5. The van der Waals surface area contributed by atoms with E-state index in [-0.39, 0.29) is 30.2 Å². The van der Waals surface area contributed by atoms with Crippen molar-refractivity contribution in [2.24, 2.45) is 0 Å². The fourth-order valence-corrected chi connectivity index (χ4v) is 5.71. The van der Waals surface area contributed by atoms with E-state index in [2.05, 4.69) is 0 Å². The third-order valence-electron chi connectivity index (χ3n) is 6.65. The van der Waals surface area contributed by atoms with Crippen LogP contribution in [0.25, 0.3) is 10.8 Å². The highest BCUT2D eigenvalue weighted by Gasteiger charge is 2.34. The number of benzene rings is 3. The van der Waals surface area contributed by atoms with Crippen LogP contribution in [0.3, 0.4) is 0 Å². The molecule has 4 aromatic rings. The first-order valence-electron chi connectivity index (χ1n) is 11.9. The number of thiophene rings is 1. The van der Waals surface area contributed by atoms with Crippen molar-refractivity contribution in [3.63, 3.8) is 0 Å². The minimum Gasteiger partial charge on any atom is -0.383 e. The van der Waals surface area contributed by atoms with Gasteiger partial charge in [0.15, 0.2) is 0 Å². The zero-order valence-electron chi connectivity index (χ0n) is 20.0. The lowest BCUT2D eigenvalue weighted by Gasteiger charge is -2.37. The molecule has 1 aromatic heterocycles. The molecule has 184 valence electrons. The van der Waals surface area contributed by atoms with Crippen LogP contribution in [0, 0.1) is 5.82 Å². The zero-order chi connectivity index (χ0) is 25.1. The maximum absolute atomic E-state index is 13.7. The molecule has 0 N–H and O–H groups in total. The summed E-state index contributed by atoms with van der Waals surface area (Å²) < 4.78 is 18.9. The number of carbonyl (C=O) groups is 2. The number of methoxy groups -OCH3 is 1. The average molecular weight is 503 g/mol. The number of rotatable bonds is 7. The van der Waals surface area contributed by atoms with E-state index in [0.717, 1.165) is 28.3 Å². The number of ether oxygens (including phenoxy) is 1. The van der Waals surface area contributed by atoms with E-state index in [1.54, 1.807) is 41.5 Å². The standard InChI is InChI=1S/C29H27FN2O3S/c1-35-16-15-31(29(34)23-7-6-20-4-2-3-5-22(20)18-23)19-27(33)32-14-12-26-25(13-17-36-26)28(32)21-8-10-24(30)11-9-21/h2-11,13,17-18,28H,12,14-16,19H2,1H3. The lowest BCUT2D eigenvalue weighted by Crippen LogP contribution is -2.47. The lowest BCUT2D eigenvalue weighted by atomic mass is 9.93. The fraction of sp³-hybridized carbons (Fsp3) is 0.241. The second kappa shape index (κ2) is 10.6. The molecular weight excluding hydrogens is 475 g/mol. The van der Waals surface area contributed by atoms with Gasteiger partial charge < -0.3 is 14.5 Å². The topological polar surface area (TPSA) is 49.9 Å². The molecule has 1 aliphatic heterocycles. The van der Waals surface area contributed by atoms with Crippen molar-refractivity contribution in [2.75, 3.05) is 33.4 Å². The smallest absolute Gasteiger partial charge is 0.254 e. The number of fused-ring (bicyclic) bond motifs is 2. The van der Waals surface area contributed by atoms with Gasteiger partial charge in [-0.1, -0.05) is 42.5 Å². The molecule has 0 fully saturated rings. The maximum atomic E-state index is 13.7. The molecule has 2 amide bonds. The number of amides is 2. The summed E-state index contributed by atoms with van der Waals surface area (Å²) in [7, 11) is 1.58. The normalized spacial score (nSPS) is 15.1. The van der Waals surface area contributed by atoms with Gasteiger partial charge in [-0.3, -0.25) is 9.59 Å². The van der Waals surface area contributed by atoms with Crippen molar-refractivity contribution in [2.45, 2.75) is 12.5 Å². The molecule has 0 saturated carbocycles. The van der Waals surface area contributed by atoms with Gasteiger partial charge in [-0.15, -0.1) is 11.3 Å². The first-order chi connectivity index (χ1) is 17.5. The van der Waals surface area contributed by atoms with E-state index in [9.17, 15) is 14.0 Å². The maximum Gasteiger partial charge on any atom is 0.254 e. The van der Waals surface area contributed by atoms with Crippen LogP contribution in [0.15, 0.2) is 78.2 Å². The summed E-state index contributed by atoms with van der Waals surface area (Å²) in [5, 5.41) is 4.05. The number of hydrogen-bond acceptors (Lipinski definition) is 4. The van der Waals surface area contributed by atoms with Gasteiger partial charge in [0, 0.05) is 30.6 Å². The molecule has 3 aromatic carbocycles. The van der Waals surface area contributed by atoms with Gasteiger partial charge in [0.25, 0.3) is 5.91 Å². The number of halogens is 1. The Morgan fingerprint density at radius 3 is 2.61 bits per heavy atom. The van der Waals surface area contributed by atoms with Crippen molar-refractivity contribution in [3.05, 3.63) is 106 Å². The van der Waals surface area contributed by atoms with Crippen LogP contribution in [0.2, 0.25) is 0 Å². The first kappa shape index (κ1) is 24.2. The summed E-state index contributed by atoms with van der Waals surface area (Å²) in [6.45, 7) is 1.10. The number of hydrogen-bond donors (Lipinski definition) is 0. The summed E-state index contributed by atoms with van der Waals surface area (Å²) >= 11 is 1.68. The molecule has 36 heavy (non-hydrogen) atoms. The SMILES string of the molecule is COCCN(CC(=O)N1CCc2sccc2C1c1ccc(F)cc1)C(=O)c1ccc2ccccc2c1. The van der Waals surface area contributed by atoms with Crippen molar-refractivity contribution in [1.29, 1.82) is 0 Å². The Kier molecular flexibility index (Phi) is 7.11. The Labute approximate surface area is 213 Å². The van der Waals surface area contributed by atoms with Crippen molar-refractivity contribution in [1.82, 2.24) is 9.80 Å². The van der Waals surface area contributed by atoms with Crippen LogP contribution in [-0.4, -0.2) is 55.0 Å². The predicted octanol–water partition coefficient (Wildman–Crippen LogP) is 5.30. The molecule has 0 aliphatic carbocycles. The Hall–Kier alpha value is -3.55. The van der Waals surface area contributed by atoms with Crippen molar-refractivity contribution >= 4 is 33.9 Å². The molecule has 1 unspecified atom stereocenters. The molecule has 0 radical (unpaired) electrons. The van der Waals surface area contributed by atoms with E-state index >= 15 is 0 Å². The van der Waals surface area contributed by atoms with Crippen molar-refractivity contribution < 1.29 is 18.7 Å². The molecule has 1 atom stereocenters. The van der Waals surface area contributed by atoms with Gasteiger partial charge >= 0.3 is 0 Å². The monoisotopic (exact) mass is 502 g/mol. The minimum atomic E-state index is -0.315. The average Bonchev–Trinajstić information content (AvgIpc) is 3.39. The van der Waals surface area contributed by atoms with Crippen LogP contribution in [-0.2, 0) is 16.0 Å². The molecule has 7 heteroatoms. The van der Waals surface area contributed by atoms with E-state index in [1.807, 2.05) is 52.7 Å². The zero-order valence-corrected chi connectivity index (χ0v) is 20.8. The molecule has 0 bridgehead atoms.